The zero-order valence-corrected chi connectivity index (χ0v) is 11.7. The van der Waals surface area contributed by atoms with Crippen LogP contribution in [0.15, 0.2) is 4.99 Å². The fourth-order valence-electron chi connectivity index (χ4n) is 1.99. The molecule has 0 aromatic rings. The number of hydrogen-bond donors (Lipinski definition) is 0. The van der Waals surface area contributed by atoms with E-state index in [0.717, 1.165) is 19.4 Å². The van der Waals surface area contributed by atoms with Crippen LogP contribution in [0, 0.1) is 5.92 Å². The van der Waals surface area contributed by atoms with E-state index < -0.39 is 0 Å². The highest BCUT2D eigenvalue weighted by Gasteiger charge is 2.18. The molecule has 0 amide bonds. The lowest BCUT2D eigenvalue weighted by Crippen LogP contribution is -2.27. The van der Waals surface area contributed by atoms with Gasteiger partial charge in [-0.1, -0.05) is 52.4 Å². The highest BCUT2D eigenvalue weighted by Crippen LogP contribution is 2.14. The molecule has 1 rings (SSSR count). The van der Waals surface area contributed by atoms with Crippen molar-refractivity contribution in [3.8, 4) is 0 Å². The maximum absolute atomic E-state index is 11.7. The molecule has 1 atom stereocenters. The number of hydroxylamine groups is 2. The van der Waals surface area contributed by atoms with Crippen LogP contribution < -0.4 is 0 Å². The number of carbonyl (C=O) groups excluding carboxylic acids is 1. The third kappa shape index (κ3) is 6.03. The van der Waals surface area contributed by atoms with Crippen molar-refractivity contribution in [3.05, 3.63) is 0 Å². The molecule has 0 bridgehead atoms. The summed E-state index contributed by atoms with van der Waals surface area (Å²) in [6.07, 6.45) is 10.1. The molecule has 0 fully saturated rings. The van der Waals surface area contributed by atoms with Gasteiger partial charge >= 0.3 is 5.97 Å². The van der Waals surface area contributed by atoms with Gasteiger partial charge in [-0.15, -0.1) is 0 Å². The lowest BCUT2D eigenvalue weighted by molar-refractivity contribution is -0.175. The summed E-state index contributed by atoms with van der Waals surface area (Å²) in [6.45, 7) is 5.58. The van der Waals surface area contributed by atoms with Crippen LogP contribution in [0.1, 0.15) is 58.8 Å². The van der Waals surface area contributed by atoms with Gasteiger partial charge in [0.1, 0.15) is 6.34 Å². The molecule has 104 valence electrons. The summed E-state index contributed by atoms with van der Waals surface area (Å²) in [5.74, 6) is -0.137. The second-order valence-corrected chi connectivity index (χ2v) is 5.03. The summed E-state index contributed by atoms with van der Waals surface area (Å²) in [7, 11) is 0. The third-order valence-corrected chi connectivity index (χ3v) is 3.26. The Labute approximate surface area is 110 Å². The molecule has 18 heavy (non-hydrogen) atoms. The van der Waals surface area contributed by atoms with Crippen molar-refractivity contribution >= 4 is 12.3 Å². The molecule has 1 aliphatic heterocycles. The Morgan fingerprint density at radius 3 is 2.72 bits per heavy atom. The molecule has 1 aliphatic rings. The largest absolute Gasteiger partial charge is 0.340 e. The normalized spacial score (nSPS) is 16.0. The molecule has 1 unspecified atom stereocenters. The number of carbonyl (C=O) groups is 1. The van der Waals surface area contributed by atoms with E-state index in [1.807, 2.05) is 6.92 Å². The highest BCUT2D eigenvalue weighted by molar-refractivity contribution is 5.73. The van der Waals surface area contributed by atoms with Gasteiger partial charge in [0.15, 0.2) is 0 Å². The van der Waals surface area contributed by atoms with Crippen LogP contribution in [0.4, 0.5) is 0 Å². The Hall–Kier alpha value is -1.06. The molecule has 0 N–H and O–H groups in total. The zero-order chi connectivity index (χ0) is 13.2. The predicted molar refractivity (Wildman–Crippen MR) is 73.3 cm³/mol. The molecule has 0 aromatic carbocycles. The molecule has 4 heteroatoms. The van der Waals surface area contributed by atoms with Gasteiger partial charge < -0.3 is 4.84 Å². The van der Waals surface area contributed by atoms with Gasteiger partial charge in [0, 0.05) is 0 Å². The van der Waals surface area contributed by atoms with E-state index in [-0.39, 0.29) is 11.9 Å². The van der Waals surface area contributed by atoms with Crippen molar-refractivity contribution in [2.45, 2.75) is 58.8 Å². The van der Waals surface area contributed by atoms with Gasteiger partial charge in [-0.05, 0) is 6.42 Å². The van der Waals surface area contributed by atoms with Crippen molar-refractivity contribution in [2.75, 3.05) is 13.1 Å². The lowest BCUT2D eigenvalue weighted by Gasteiger charge is -2.16. The predicted octanol–water partition coefficient (Wildman–Crippen LogP) is 3.18. The second kappa shape index (κ2) is 8.95. The van der Waals surface area contributed by atoms with E-state index in [0.29, 0.717) is 6.54 Å². The van der Waals surface area contributed by atoms with Crippen LogP contribution in [-0.4, -0.2) is 30.5 Å². The molecule has 0 radical (unpaired) electrons. The van der Waals surface area contributed by atoms with E-state index in [2.05, 4.69) is 11.9 Å². The summed E-state index contributed by atoms with van der Waals surface area (Å²) in [5.41, 5.74) is 0. The van der Waals surface area contributed by atoms with Gasteiger partial charge in [0.05, 0.1) is 19.0 Å². The van der Waals surface area contributed by atoms with Crippen LogP contribution in [0.3, 0.4) is 0 Å². The minimum atomic E-state index is -0.128. The number of aliphatic imine (C=N–C) groups is 1. The Balaban J connectivity index is 2.02. The van der Waals surface area contributed by atoms with E-state index in [4.69, 9.17) is 4.84 Å². The van der Waals surface area contributed by atoms with Crippen LogP contribution >= 0.6 is 0 Å². The average Bonchev–Trinajstić information content (AvgIpc) is 2.86. The Kier molecular flexibility index (Phi) is 7.46. The molecule has 0 saturated heterocycles. The van der Waals surface area contributed by atoms with E-state index >= 15 is 0 Å². The third-order valence-electron chi connectivity index (χ3n) is 3.26. The minimum Gasteiger partial charge on any atom is -0.340 e. The van der Waals surface area contributed by atoms with Gasteiger partial charge in [0.2, 0.25) is 0 Å². The molecule has 0 saturated carbocycles. The Morgan fingerprint density at radius 1 is 1.33 bits per heavy atom. The monoisotopic (exact) mass is 254 g/mol. The standard InChI is InChI=1S/C14H26N2O2/c1-3-4-5-6-7-8-9-13(2)14(17)18-16-11-10-15-12-16/h12-13H,3-11H2,1-2H3. The smallest absolute Gasteiger partial charge is 0.335 e. The maximum atomic E-state index is 11.7. The first-order valence-corrected chi connectivity index (χ1v) is 7.22. The summed E-state index contributed by atoms with van der Waals surface area (Å²) in [4.78, 5) is 21.0. The molecule has 0 aromatic heterocycles. The number of rotatable bonds is 9. The summed E-state index contributed by atoms with van der Waals surface area (Å²) >= 11 is 0. The Bertz CT molecular complexity index is 267. The second-order valence-electron chi connectivity index (χ2n) is 5.03. The van der Waals surface area contributed by atoms with Crippen LogP contribution in [0.5, 0.6) is 0 Å². The quantitative estimate of drug-likeness (QED) is 0.593. The highest BCUT2D eigenvalue weighted by atomic mass is 16.7. The lowest BCUT2D eigenvalue weighted by atomic mass is 10.0. The minimum absolute atomic E-state index is 0.00910. The molecular weight excluding hydrogens is 228 g/mol. The fraction of sp³-hybridized carbons (Fsp3) is 0.857. The molecular formula is C14H26N2O2. The average molecular weight is 254 g/mol. The first kappa shape index (κ1) is 15.0. The van der Waals surface area contributed by atoms with Crippen molar-refractivity contribution in [1.29, 1.82) is 0 Å². The van der Waals surface area contributed by atoms with Gasteiger partial charge in [-0.25, -0.2) is 4.79 Å². The summed E-state index contributed by atoms with van der Waals surface area (Å²) in [5, 5.41) is 1.53. The van der Waals surface area contributed by atoms with E-state index in [1.54, 1.807) is 6.34 Å². The summed E-state index contributed by atoms with van der Waals surface area (Å²) < 4.78 is 0. The molecule has 0 spiro atoms. The topological polar surface area (TPSA) is 41.9 Å². The fourth-order valence-corrected chi connectivity index (χ4v) is 1.99. The van der Waals surface area contributed by atoms with E-state index in [1.165, 1.54) is 37.2 Å². The number of nitrogens with zero attached hydrogens (tertiary/aromatic N) is 2. The van der Waals surface area contributed by atoms with Crippen LogP contribution in [-0.2, 0) is 9.63 Å². The summed E-state index contributed by atoms with van der Waals surface area (Å²) in [6, 6.07) is 0. The molecule has 1 heterocycles. The van der Waals surface area contributed by atoms with Crippen molar-refractivity contribution in [1.82, 2.24) is 5.06 Å². The number of hydrogen-bond acceptors (Lipinski definition) is 4. The SMILES string of the molecule is CCCCCCCCC(C)C(=O)ON1C=NCC1. The van der Waals surface area contributed by atoms with Crippen molar-refractivity contribution < 1.29 is 9.63 Å². The van der Waals surface area contributed by atoms with Gasteiger partial charge in [0.25, 0.3) is 0 Å². The van der Waals surface area contributed by atoms with Gasteiger partial charge in [-0.3, -0.25) is 4.99 Å². The van der Waals surface area contributed by atoms with Crippen LogP contribution in [0.2, 0.25) is 0 Å². The molecule has 0 aliphatic carbocycles. The van der Waals surface area contributed by atoms with Crippen LogP contribution in [0.25, 0.3) is 0 Å². The first-order valence-electron chi connectivity index (χ1n) is 7.22. The van der Waals surface area contributed by atoms with Crippen molar-refractivity contribution in [2.24, 2.45) is 10.9 Å². The molecule has 4 nitrogen and oxygen atoms in total. The maximum Gasteiger partial charge on any atom is 0.335 e. The van der Waals surface area contributed by atoms with Crippen molar-refractivity contribution in [3.63, 3.8) is 0 Å². The van der Waals surface area contributed by atoms with Gasteiger partial charge in [-0.2, -0.15) is 5.06 Å². The van der Waals surface area contributed by atoms with E-state index in [9.17, 15) is 4.79 Å². The zero-order valence-electron chi connectivity index (χ0n) is 11.7. The Morgan fingerprint density at radius 2 is 2.06 bits per heavy atom. The first-order chi connectivity index (χ1) is 8.74. The number of unbranched alkanes of at least 4 members (excludes halogenated alkanes) is 5.